The molecule has 0 saturated carbocycles. The van der Waals surface area contributed by atoms with Crippen LogP contribution in [-0.4, -0.2) is 17.9 Å². The summed E-state index contributed by atoms with van der Waals surface area (Å²) in [7, 11) is 1.66. The number of nitrogens with one attached hydrogen (secondary N) is 1. The molecule has 3 aromatic rings. The highest BCUT2D eigenvalue weighted by Crippen LogP contribution is 2.28. The Balaban J connectivity index is 1.62. The predicted molar refractivity (Wildman–Crippen MR) is 107 cm³/mol. The number of carbonyl (C=O) groups excluding carboxylic acids is 1. The molecule has 0 saturated heterocycles. The number of hydrogen-bond donors (Lipinski definition) is 1. The molecule has 0 amide bonds. The Kier molecular flexibility index (Phi) is 6.02. The molecule has 0 radical (unpaired) electrons. The molecule has 1 aromatic heterocycles. The van der Waals surface area contributed by atoms with E-state index in [1.54, 1.807) is 18.4 Å². The van der Waals surface area contributed by atoms with E-state index in [0.29, 0.717) is 13.0 Å². The van der Waals surface area contributed by atoms with Gasteiger partial charge in [0.25, 0.3) is 0 Å². The molecule has 1 heterocycles. The first-order valence-electron chi connectivity index (χ1n) is 8.66. The molecule has 0 unspecified atom stereocenters. The van der Waals surface area contributed by atoms with Crippen LogP contribution in [0.25, 0.3) is 10.6 Å². The van der Waals surface area contributed by atoms with Gasteiger partial charge in [0.1, 0.15) is 10.8 Å². The van der Waals surface area contributed by atoms with Gasteiger partial charge in [-0.1, -0.05) is 19.1 Å². The Hall–Kier alpha value is -2.66. The smallest absolute Gasteiger partial charge is 0.162 e. The minimum absolute atomic E-state index is 0.199. The summed E-state index contributed by atoms with van der Waals surface area (Å²) < 4.78 is 5.27. The highest BCUT2D eigenvalue weighted by molar-refractivity contribution is 7.15. The number of methoxy groups -OCH3 is 1. The molecule has 0 bridgehead atoms. The van der Waals surface area contributed by atoms with Crippen LogP contribution in [0.15, 0.2) is 54.7 Å². The lowest BCUT2D eigenvalue weighted by Crippen LogP contribution is -2.00. The molecular formula is C21H22N2O2S. The molecule has 0 aliphatic carbocycles. The monoisotopic (exact) mass is 366 g/mol. The fraction of sp³-hybridized carbons (Fsp3) is 0.238. The zero-order valence-corrected chi connectivity index (χ0v) is 15.8. The van der Waals surface area contributed by atoms with E-state index < -0.39 is 0 Å². The lowest BCUT2D eigenvalue weighted by atomic mass is 10.1. The Labute approximate surface area is 157 Å². The van der Waals surface area contributed by atoms with Crippen molar-refractivity contribution in [3.05, 3.63) is 65.2 Å². The maximum atomic E-state index is 11.9. The van der Waals surface area contributed by atoms with Crippen molar-refractivity contribution in [3.63, 3.8) is 0 Å². The average molecular weight is 366 g/mol. The van der Waals surface area contributed by atoms with Crippen LogP contribution in [0.3, 0.4) is 0 Å². The van der Waals surface area contributed by atoms with Gasteiger partial charge in [-0.05, 0) is 42.8 Å². The lowest BCUT2D eigenvalue weighted by Gasteiger charge is -2.06. The maximum absolute atomic E-state index is 11.9. The summed E-state index contributed by atoms with van der Waals surface area (Å²) in [5, 5.41) is 4.35. The first-order valence-corrected chi connectivity index (χ1v) is 9.47. The second-order valence-corrected chi connectivity index (χ2v) is 7.08. The van der Waals surface area contributed by atoms with Crippen LogP contribution >= 0.6 is 11.3 Å². The van der Waals surface area contributed by atoms with E-state index in [-0.39, 0.29) is 5.78 Å². The van der Waals surface area contributed by atoms with Crippen LogP contribution in [0.5, 0.6) is 5.75 Å². The summed E-state index contributed by atoms with van der Waals surface area (Å²) in [5.74, 6) is 1.03. The highest BCUT2D eigenvalue weighted by Gasteiger charge is 2.07. The van der Waals surface area contributed by atoms with Crippen molar-refractivity contribution < 1.29 is 9.53 Å². The van der Waals surface area contributed by atoms with E-state index in [0.717, 1.165) is 38.9 Å². The molecule has 5 heteroatoms. The zero-order chi connectivity index (χ0) is 18.4. The second-order valence-electron chi connectivity index (χ2n) is 5.97. The lowest BCUT2D eigenvalue weighted by molar-refractivity contribution is 0.0982. The number of aromatic nitrogens is 1. The van der Waals surface area contributed by atoms with Crippen LogP contribution in [0, 0.1) is 0 Å². The van der Waals surface area contributed by atoms with E-state index in [4.69, 9.17) is 4.74 Å². The Morgan fingerprint density at radius 1 is 1.19 bits per heavy atom. The first kappa shape index (κ1) is 18.1. The van der Waals surface area contributed by atoms with E-state index >= 15 is 0 Å². The summed E-state index contributed by atoms with van der Waals surface area (Å²) in [4.78, 5) is 17.5. The molecule has 1 N–H and O–H groups in total. The predicted octanol–water partition coefficient (Wildman–Crippen LogP) is 5.41. The van der Waals surface area contributed by atoms with E-state index in [9.17, 15) is 4.79 Å². The third kappa shape index (κ3) is 4.49. The number of benzene rings is 2. The third-order valence-corrected chi connectivity index (χ3v) is 5.07. The molecule has 0 fully saturated rings. The molecule has 4 nitrogen and oxygen atoms in total. The number of Topliss-reactive ketones (excluding diaryl/α,β-unsaturated/α-hetero) is 1. The third-order valence-electron chi connectivity index (χ3n) is 4.02. The van der Waals surface area contributed by atoms with Crippen LogP contribution in [0.4, 0.5) is 5.69 Å². The van der Waals surface area contributed by atoms with Crippen LogP contribution in [-0.2, 0) is 6.54 Å². The highest BCUT2D eigenvalue weighted by atomic mass is 32.1. The SMILES string of the molecule is CCCC(=O)c1ccc(NCc2cnc(-c3cccc(OC)c3)s2)cc1. The number of nitrogens with zero attached hydrogens (tertiary/aromatic N) is 1. The fourth-order valence-corrected chi connectivity index (χ4v) is 3.46. The van der Waals surface area contributed by atoms with Crippen molar-refractivity contribution in [2.75, 3.05) is 12.4 Å². The molecule has 0 spiro atoms. The van der Waals surface area contributed by atoms with E-state index in [2.05, 4.69) is 10.3 Å². The Morgan fingerprint density at radius 2 is 2.00 bits per heavy atom. The molecule has 0 aliphatic rings. The summed E-state index contributed by atoms with van der Waals surface area (Å²) in [6.45, 7) is 2.71. The standard InChI is InChI=1S/C21H22N2O2S/c1-3-5-20(24)15-8-10-17(11-9-15)22-13-19-14-23-21(26-19)16-6-4-7-18(12-16)25-2/h4,6-12,14,22H,3,5,13H2,1-2H3. The Morgan fingerprint density at radius 3 is 2.73 bits per heavy atom. The number of ketones is 1. The van der Waals surface area contributed by atoms with Gasteiger partial charge in [0.2, 0.25) is 0 Å². The quantitative estimate of drug-likeness (QED) is 0.541. The summed E-state index contributed by atoms with van der Waals surface area (Å²) >= 11 is 1.66. The van der Waals surface area contributed by atoms with Gasteiger partial charge in [-0.15, -0.1) is 11.3 Å². The Bertz CT molecular complexity index is 872. The van der Waals surface area contributed by atoms with Gasteiger partial charge < -0.3 is 10.1 Å². The molecule has 26 heavy (non-hydrogen) atoms. The molecule has 0 atom stereocenters. The van der Waals surface area contributed by atoms with Crippen LogP contribution in [0.2, 0.25) is 0 Å². The molecule has 3 rings (SSSR count). The van der Waals surface area contributed by atoms with E-state index in [1.807, 2.05) is 61.7 Å². The van der Waals surface area contributed by atoms with Gasteiger partial charge in [0.05, 0.1) is 13.7 Å². The number of carbonyl (C=O) groups is 1. The minimum atomic E-state index is 0.199. The van der Waals surface area contributed by atoms with Crippen molar-refractivity contribution in [1.29, 1.82) is 0 Å². The average Bonchev–Trinajstić information content (AvgIpc) is 3.16. The molecule has 0 aliphatic heterocycles. The van der Waals surface area contributed by atoms with Gasteiger partial charge in [-0.25, -0.2) is 4.98 Å². The number of rotatable bonds is 8. The second kappa shape index (κ2) is 8.63. The molecular weight excluding hydrogens is 344 g/mol. The van der Waals surface area contributed by atoms with Gasteiger partial charge in [-0.3, -0.25) is 4.79 Å². The van der Waals surface area contributed by atoms with Gasteiger partial charge in [0.15, 0.2) is 5.78 Å². The summed E-state index contributed by atoms with van der Waals surface area (Å²) in [5.41, 5.74) is 2.82. The fourth-order valence-electron chi connectivity index (χ4n) is 2.61. The van der Waals surface area contributed by atoms with Crippen molar-refractivity contribution in [1.82, 2.24) is 4.98 Å². The zero-order valence-electron chi connectivity index (χ0n) is 15.0. The van der Waals surface area contributed by atoms with Crippen LogP contribution in [0.1, 0.15) is 35.0 Å². The summed E-state index contributed by atoms with van der Waals surface area (Å²) in [6.07, 6.45) is 3.37. The van der Waals surface area contributed by atoms with Crippen molar-refractivity contribution >= 4 is 22.8 Å². The van der Waals surface area contributed by atoms with Crippen molar-refractivity contribution in [2.24, 2.45) is 0 Å². The number of anilines is 1. The number of hydrogen-bond acceptors (Lipinski definition) is 5. The minimum Gasteiger partial charge on any atom is -0.497 e. The molecule has 2 aromatic carbocycles. The topological polar surface area (TPSA) is 51.2 Å². The van der Waals surface area contributed by atoms with Gasteiger partial charge in [-0.2, -0.15) is 0 Å². The van der Waals surface area contributed by atoms with Crippen molar-refractivity contribution in [3.8, 4) is 16.3 Å². The van der Waals surface area contributed by atoms with Gasteiger partial charge >= 0.3 is 0 Å². The number of ether oxygens (including phenoxy) is 1. The largest absolute Gasteiger partial charge is 0.497 e. The molecule has 134 valence electrons. The normalized spacial score (nSPS) is 10.5. The van der Waals surface area contributed by atoms with Crippen LogP contribution < -0.4 is 10.1 Å². The maximum Gasteiger partial charge on any atom is 0.162 e. The van der Waals surface area contributed by atoms with Crippen molar-refractivity contribution in [2.45, 2.75) is 26.3 Å². The van der Waals surface area contributed by atoms with E-state index in [1.165, 1.54) is 0 Å². The number of thiazole rings is 1. The van der Waals surface area contributed by atoms with Gasteiger partial charge in [0, 0.05) is 34.3 Å². The summed E-state index contributed by atoms with van der Waals surface area (Å²) in [6, 6.07) is 15.6. The first-order chi connectivity index (χ1) is 12.7.